The lowest BCUT2D eigenvalue weighted by Gasteiger charge is -2.08. The van der Waals surface area contributed by atoms with Crippen molar-refractivity contribution in [2.24, 2.45) is 0 Å². The van der Waals surface area contributed by atoms with Crippen LogP contribution in [0.3, 0.4) is 0 Å². The van der Waals surface area contributed by atoms with Gasteiger partial charge in [0.05, 0.1) is 23.6 Å². The van der Waals surface area contributed by atoms with Crippen LogP contribution in [0.2, 0.25) is 0 Å². The molecule has 5 rings (SSSR count). The van der Waals surface area contributed by atoms with Gasteiger partial charge in [0.2, 0.25) is 11.8 Å². The van der Waals surface area contributed by atoms with E-state index in [-0.39, 0.29) is 12.4 Å². The highest BCUT2D eigenvalue weighted by molar-refractivity contribution is 5.84. The van der Waals surface area contributed by atoms with Gasteiger partial charge in [-0.2, -0.15) is 10.1 Å². The first-order valence-corrected chi connectivity index (χ1v) is 11.4. The minimum Gasteiger partial charge on any atom is -0.493 e. The number of rotatable bonds is 7. The molecule has 0 atom stereocenters. The largest absolute Gasteiger partial charge is 0.493 e. The molecule has 0 unspecified atom stereocenters. The van der Waals surface area contributed by atoms with Crippen molar-refractivity contribution in [3.63, 3.8) is 0 Å². The van der Waals surface area contributed by atoms with Crippen LogP contribution in [0.4, 0.5) is 4.39 Å². The Bertz CT molecular complexity index is 1520. The second-order valence-electron chi connectivity index (χ2n) is 8.19. The van der Waals surface area contributed by atoms with E-state index in [0.717, 1.165) is 22.2 Å². The fourth-order valence-electron chi connectivity index (χ4n) is 4.08. The predicted octanol–water partition coefficient (Wildman–Crippen LogP) is 6.12. The lowest BCUT2D eigenvalue weighted by molar-refractivity contribution is 0.288. The van der Waals surface area contributed by atoms with Gasteiger partial charge in [-0.3, -0.25) is 0 Å². The molecular formula is C27H25FN4O3. The first-order valence-electron chi connectivity index (χ1n) is 11.4. The van der Waals surface area contributed by atoms with E-state index >= 15 is 0 Å². The second-order valence-corrected chi connectivity index (χ2v) is 8.19. The quantitative estimate of drug-likeness (QED) is 0.284. The number of benzene rings is 2. The van der Waals surface area contributed by atoms with E-state index in [9.17, 15) is 4.39 Å². The summed E-state index contributed by atoms with van der Waals surface area (Å²) in [4.78, 5) is 9.33. The molecule has 0 aliphatic carbocycles. The zero-order chi connectivity index (χ0) is 24.5. The fourth-order valence-corrected chi connectivity index (χ4v) is 4.08. The number of oxazole rings is 1. The highest BCUT2D eigenvalue weighted by Crippen LogP contribution is 2.31. The molecule has 0 bridgehead atoms. The molecule has 0 aliphatic heterocycles. The maximum atomic E-state index is 13.8. The number of aryl methyl sites for hydroxylation is 3. The lowest BCUT2D eigenvalue weighted by Crippen LogP contribution is -2.02. The highest BCUT2D eigenvalue weighted by atomic mass is 19.1. The van der Waals surface area contributed by atoms with E-state index in [1.165, 1.54) is 12.1 Å². The number of aromatic nitrogens is 4. The van der Waals surface area contributed by atoms with Gasteiger partial charge in [0.15, 0.2) is 5.65 Å². The molecule has 35 heavy (non-hydrogen) atoms. The average molecular weight is 473 g/mol. The van der Waals surface area contributed by atoms with Gasteiger partial charge in [0.25, 0.3) is 0 Å². The van der Waals surface area contributed by atoms with Crippen LogP contribution in [-0.2, 0) is 6.61 Å². The van der Waals surface area contributed by atoms with Crippen LogP contribution < -0.4 is 9.47 Å². The Morgan fingerprint density at radius 1 is 0.971 bits per heavy atom. The number of nitrogens with zero attached hydrogens (tertiary/aromatic N) is 4. The number of halogens is 1. The van der Waals surface area contributed by atoms with Crippen molar-refractivity contribution in [2.75, 3.05) is 6.61 Å². The van der Waals surface area contributed by atoms with Crippen LogP contribution in [0, 0.1) is 26.6 Å². The van der Waals surface area contributed by atoms with E-state index in [1.54, 1.807) is 16.8 Å². The number of fused-ring (bicyclic) bond motifs is 1. The summed E-state index contributed by atoms with van der Waals surface area (Å²) < 4.78 is 33.1. The minimum atomic E-state index is -0.337. The molecule has 0 radical (unpaired) electrons. The van der Waals surface area contributed by atoms with Crippen LogP contribution in [0.5, 0.6) is 11.6 Å². The molecule has 2 aromatic carbocycles. The van der Waals surface area contributed by atoms with E-state index in [1.807, 2.05) is 58.0 Å². The third-order valence-electron chi connectivity index (χ3n) is 5.71. The van der Waals surface area contributed by atoms with Crippen molar-refractivity contribution >= 4 is 11.0 Å². The number of hydrogen-bond donors (Lipinski definition) is 0. The third-order valence-corrected chi connectivity index (χ3v) is 5.71. The zero-order valence-corrected chi connectivity index (χ0v) is 20.0. The molecule has 0 spiro atoms. The van der Waals surface area contributed by atoms with Crippen molar-refractivity contribution in [2.45, 2.75) is 34.3 Å². The Labute approximate surface area is 202 Å². The summed E-state index contributed by atoms with van der Waals surface area (Å²) in [6.07, 6.45) is 0. The van der Waals surface area contributed by atoms with Gasteiger partial charge < -0.3 is 13.9 Å². The van der Waals surface area contributed by atoms with Crippen molar-refractivity contribution in [3.05, 3.63) is 83.1 Å². The molecule has 8 heteroatoms. The van der Waals surface area contributed by atoms with Gasteiger partial charge in [0, 0.05) is 11.5 Å². The smallest absolute Gasteiger partial charge is 0.230 e. The average Bonchev–Trinajstić information content (AvgIpc) is 3.38. The van der Waals surface area contributed by atoms with Crippen LogP contribution in [-0.4, -0.2) is 26.4 Å². The van der Waals surface area contributed by atoms with Crippen molar-refractivity contribution in [1.82, 2.24) is 19.7 Å². The summed E-state index contributed by atoms with van der Waals surface area (Å²) in [6, 6.07) is 15.8. The number of hydrogen-bond acceptors (Lipinski definition) is 6. The maximum Gasteiger partial charge on any atom is 0.230 e. The first kappa shape index (κ1) is 22.6. The Balaban J connectivity index is 1.45. The first-order chi connectivity index (χ1) is 16.9. The fraction of sp³-hybridized carbons (Fsp3) is 0.222. The van der Waals surface area contributed by atoms with Crippen molar-refractivity contribution in [1.29, 1.82) is 0 Å². The zero-order valence-electron chi connectivity index (χ0n) is 20.0. The summed E-state index contributed by atoms with van der Waals surface area (Å²) >= 11 is 0. The molecule has 7 nitrogen and oxygen atoms in total. The normalized spacial score (nSPS) is 11.2. The monoisotopic (exact) mass is 472 g/mol. The molecule has 3 heterocycles. The highest BCUT2D eigenvalue weighted by Gasteiger charge is 2.18. The molecule has 0 aliphatic rings. The van der Waals surface area contributed by atoms with Gasteiger partial charge in [-0.15, -0.1) is 0 Å². The minimum absolute atomic E-state index is 0.178. The standard InChI is InChI=1S/C27H25FN4O3/c1-5-33-23-12-7-6-11-21(23)27-29-22(18(4)35-27)15-34-24-13-16(2)25-17(3)31-32(26(25)30-24)20-10-8-9-19(28)14-20/h6-14H,5,15H2,1-4H3. The Morgan fingerprint density at radius 3 is 2.60 bits per heavy atom. The van der Waals surface area contributed by atoms with E-state index in [0.29, 0.717) is 46.9 Å². The number of pyridine rings is 1. The molecule has 5 aromatic rings. The van der Waals surface area contributed by atoms with E-state index in [4.69, 9.17) is 13.9 Å². The molecular weight excluding hydrogens is 447 g/mol. The lowest BCUT2D eigenvalue weighted by atomic mass is 10.2. The molecule has 0 fully saturated rings. The van der Waals surface area contributed by atoms with E-state index in [2.05, 4.69) is 15.1 Å². The second kappa shape index (κ2) is 9.21. The van der Waals surface area contributed by atoms with Gasteiger partial charge >= 0.3 is 0 Å². The molecule has 0 amide bonds. The van der Waals surface area contributed by atoms with E-state index < -0.39 is 0 Å². The Hall–Kier alpha value is -4.20. The van der Waals surface area contributed by atoms with Gasteiger partial charge in [-0.05, 0) is 63.6 Å². The Morgan fingerprint density at radius 2 is 1.80 bits per heavy atom. The number of para-hydroxylation sites is 1. The van der Waals surface area contributed by atoms with Crippen LogP contribution in [0.1, 0.15) is 29.6 Å². The molecule has 3 aromatic heterocycles. The predicted molar refractivity (Wildman–Crippen MR) is 130 cm³/mol. The van der Waals surface area contributed by atoms with Crippen LogP contribution in [0.25, 0.3) is 28.2 Å². The van der Waals surface area contributed by atoms with Gasteiger partial charge in [-0.1, -0.05) is 18.2 Å². The molecule has 178 valence electrons. The number of ether oxygens (including phenoxy) is 2. The maximum absolute atomic E-state index is 13.8. The van der Waals surface area contributed by atoms with Crippen LogP contribution in [0.15, 0.2) is 59.0 Å². The summed E-state index contributed by atoms with van der Waals surface area (Å²) in [6.45, 7) is 8.40. The molecule has 0 saturated heterocycles. The molecule has 0 saturated carbocycles. The molecule has 0 N–H and O–H groups in total. The van der Waals surface area contributed by atoms with Gasteiger partial charge in [0.1, 0.15) is 29.6 Å². The topological polar surface area (TPSA) is 75.2 Å². The summed E-state index contributed by atoms with van der Waals surface area (Å²) in [5.74, 6) is 1.93. The summed E-state index contributed by atoms with van der Waals surface area (Å²) in [7, 11) is 0. The SMILES string of the molecule is CCOc1ccccc1-c1nc(COc2cc(C)c3c(C)nn(-c4cccc(F)c4)c3n2)c(C)o1. The van der Waals surface area contributed by atoms with Crippen LogP contribution >= 0.6 is 0 Å². The summed E-state index contributed by atoms with van der Waals surface area (Å²) in [5, 5.41) is 5.50. The third kappa shape index (κ3) is 4.35. The van der Waals surface area contributed by atoms with Gasteiger partial charge in [-0.25, -0.2) is 14.1 Å². The Kier molecular flexibility index (Phi) is 5.94. The summed E-state index contributed by atoms with van der Waals surface area (Å²) in [5.41, 5.74) is 4.43. The van der Waals surface area contributed by atoms with Crippen molar-refractivity contribution < 1.29 is 18.3 Å². The van der Waals surface area contributed by atoms with Crippen molar-refractivity contribution in [3.8, 4) is 28.8 Å².